The van der Waals surface area contributed by atoms with Crippen LogP contribution in [0.3, 0.4) is 0 Å². The van der Waals surface area contributed by atoms with Crippen LogP contribution in [0.5, 0.6) is 0 Å². The summed E-state index contributed by atoms with van der Waals surface area (Å²) in [7, 11) is 0. The number of fused-ring (bicyclic) bond motifs is 1. The summed E-state index contributed by atoms with van der Waals surface area (Å²) < 4.78 is 5.70. The SMILES string of the molecule is CCN(CC)c1ccc2c(C)c(-c3cccc(N=C=S)c3N=C=S)c(=O)oc2c1. The van der Waals surface area contributed by atoms with Gasteiger partial charge < -0.3 is 9.32 Å². The first-order valence-electron chi connectivity index (χ1n) is 9.17. The van der Waals surface area contributed by atoms with E-state index in [1.165, 1.54) is 0 Å². The molecule has 29 heavy (non-hydrogen) atoms. The molecule has 3 rings (SSSR count). The summed E-state index contributed by atoms with van der Waals surface area (Å²) in [5.74, 6) is 0. The quantitative estimate of drug-likeness (QED) is 0.274. The van der Waals surface area contributed by atoms with E-state index in [2.05, 4.69) is 39.1 Å². The lowest BCUT2D eigenvalue weighted by Crippen LogP contribution is -2.21. The van der Waals surface area contributed by atoms with Crippen LogP contribution in [0, 0.1) is 6.92 Å². The summed E-state index contributed by atoms with van der Waals surface area (Å²) in [5.41, 5.74) is 3.77. The van der Waals surface area contributed by atoms with Gasteiger partial charge in [0.25, 0.3) is 0 Å². The fourth-order valence-electron chi connectivity index (χ4n) is 3.48. The van der Waals surface area contributed by atoms with E-state index in [0.29, 0.717) is 28.1 Å². The molecule has 0 radical (unpaired) electrons. The molecule has 0 aliphatic rings. The van der Waals surface area contributed by atoms with E-state index in [0.717, 1.165) is 29.7 Å². The zero-order valence-electron chi connectivity index (χ0n) is 16.4. The van der Waals surface area contributed by atoms with E-state index in [9.17, 15) is 4.79 Å². The van der Waals surface area contributed by atoms with E-state index >= 15 is 0 Å². The Morgan fingerprint density at radius 2 is 1.79 bits per heavy atom. The smallest absolute Gasteiger partial charge is 0.344 e. The summed E-state index contributed by atoms with van der Waals surface area (Å²) in [4.78, 5) is 23.3. The van der Waals surface area contributed by atoms with Crippen molar-refractivity contribution in [3.05, 3.63) is 52.4 Å². The molecule has 2 aromatic carbocycles. The molecule has 5 nitrogen and oxygen atoms in total. The number of aryl methyl sites for hydroxylation is 1. The Kier molecular flexibility index (Phi) is 6.47. The zero-order chi connectivity index (χ0) is 21.0. The third-order valence-corrected chi connectivity index (χ3v) is 5.07. The number of para-hydroxylation sites is 1. The van der Waals surface area contributed by atoms with Crippen molar-refractivity contribution in [3.8, 4) is 11.1 Å². The van der Waals surface area contributed by atoms with E-state index in [1.54, 1.807) is 18.2 Å². The first-order valence-corrected chi connectivity index (χ1v) is 9.98. The first kappa shape index (κ1) is 20.8. The van der Waals surface area contributed by atoms with Gasteiger partial charge in [-0.1, -0.05) is 12.1 Å². The van der Waals surface area contributed by atoms with Gasteiger partial charge in [-0.3, -0.25) is 0 Å². The second kappa shape index (κ2) is 9.03. The minimum Gasteiger partial charge on any atom is -0.422 e. The molecule has 0 bridgehead atoms. The van der Waals surface area contributed by atoms with Crippen LogP contribution in [0.25, 0.3) is 22.1 Å². The molecule has 7 heteroatoms. The highest BCUT2D eigenvalue weighted by molar-refractivity contribution is 7.78. The number of isothiocyanates is 2. The molecule has 0 N–H and O–H groups in total. The molecule has 1 aromatic heterocycles. The van der Waals surface area contributed by atoms with Gasteiger partial charge in [0.2, 0.25) is 0 Å². The molecule has 0 amide bonds. The lowest BCUT2D eigenvalue weighted by Gasteiger charge is -2.21. The maximum atomic E-state index is 13.0. The summed E-state index contributed by atoms with van der Waals surface area (Å²) in [5, 5.41) is 5.54. The average molecular weight is 422 g/mol. The van der Waals surface area contributed by atoms with Gasteiger partial charge in [-0.2, -0.15) is 9.98 Å². The molecule has 0 saturated heterocycles. The first-order chi connectivity index (χ1) is 14.0. The second-order valence-corrected chi connectivity index (χ2v) is 6.69. The van der Waals surface area contributed by atoms with Crippen molar-refractivity contribution in [2.45, 2.75) is 20.8 Å². The van der Waals surface area contributed by atoms with Crippen LogP contribution in [0.15, 0.2) is 55.6 Å². The number of hydrogen-bond donors (Lipinski definition) is 0. The van der Waals surface area contributed by atoms with E-state index < -0.39 is 5.63 Å². The van der Waals surface area contributed by atoms with E-state index in [4.69, 9.17) is 28.9 Å². The van der Waals surface area contributed by atoms with Crippen LogP contribution in [0.4, 0.5) is 17.1 Å². The molecule has 1 heterocycles. The number of anilines is 1. The van der Waals surface area contributed by atoms with Gasteiger partial charge in [-0.15, -0.1) is 0 Å². The van der Waals surface area contributed by atoms with Gasteiger partial charge in [0.1, 0.15) is 17.0 Å². The molecule has 0 unspecified atom stereocenters. The van der Waals surface area contributed by atoms with Gasteiger partial charge in [-0.05, 0) is 69.0 Å². The zero-order valence-corrected chi connectivity index (χ0v) is 18.0. The summed E-state index contributed by atoms with van der Waals surface area (Å²) in [6.07, 6.45) is 0. The van der Waals surface area contributed by atoms with Crippen molar-refractivity contribution < 1.29 is 4.42 Å². The largest absolute Gasteiger partial charge is 0.422 e. The Labute approximate surface area is 179 Å². The summed E-state index contributed by atoms with van der Waals surface area (Å²) in [6.45, 7) is 7.81. The van der Waals surface area contributed by atoms with E-state index in [-0.39, 0.29) is 0 Å². The topological polar surface area (TPSA) is 58.2 Å². The van der Waals surface area contributed by atoms with Crippen LogP contribution in [0.2, 0.25) is 0 Å². The number of nitrogens with zero attached hydrogens (tertiary/aromatic N) is 3. The Morgan fingerprint density at radius 1 is 1.07 bits per heavy atom. The highest BCUT2D eigenvalue weighted by atomic mass is 32.1. The monoisotopic (exact) mass is 421 g/mol. The Hall–Kier alpha value is -2.95. The number of benzene rings is 2. The molecule has 0 spiro atoms. The molecule has 0 atom stereocenters. The van der Waals surface area contributed by atoms with Crippen molar-refractivity contribution in [1.82, 2.24) is 0 Å². The van der Waals surface area contributed by atoms with Gasteiger partial charge in [0.05, 0.1) is 15.9 Å². The second-order valence-electron chi connectivity index (χ2n) is 6.32. The van der Waals surface area contributed by atoms with Crippen LogP contribution in [-0.4, -0.2) is 23.4 Å². The highest BCUT2D eigenvalue weighted by Gasteiger charge is 2.19. The summed E-state index contributed by atoms with van der Waals surface area (Å²) >= 11 is 9.50. The maximum absolute atomic E-state index is 13.0. The van der Waals surface area contributed by atoms with Gasteiger partial charge in [-0.25, -0.2) is 4.79 Å². The van der Waals surface area contributed by atoms with Crippen LogP contribution >= 0.6 is 24.4 Å². The van der Waals surface area contributed by atoms with Gasteiger partial charge in [0, 0.05) is 35.8 Å². The number of aliphatic imine (C=N–C) groups is 2. The Balaban J connectivity index is 2.31. The molecular formula is C22H19N3O2S2. The molecule has 0 aliphatic heterocycles. The van der Waals surface area contributed by atoms with Gasteiger partial charge >= 0.3 is 5.63 Å². The fourth-order valence-corrected chi connectivity index (χ4v) is 3.67. The van der Waals surface area contributed by atoms with Crippen molar-refractivity contribution in [2.75, 3.05) is 18.0 Å². The molecular weight excluding hydrogens is 402 g/mol. The van der Waals surface area contributed by atoms with Crippen molar-refractivity contribution in [2.24, 2.45) is 9.98 Å². The molecule has 0 fully saturated rings. The van der Waals surface area contributed by atoms with Crippen LogP contribution in [0.1, 0.15) is 19.4 Å². The lowest BCUT2D eigenvalue weighted by molar-refractivity contribution is 0.562. The minimum absolute atomic E-state index is 0.411. The minimum atomic E-state index is -0.448. The average Bonchev–Trinajstić information content (AvgIpc) is 2.71. The van der Waals surface area contributed by atoms with Gasteiger partial charge in [0.15, 0.2) is 0 Å². The predicted octanol–water partition coefficient (Wildman–Crippen LogP) is 6.08. The number of rotatable bonds is 6. The standard InChI is InChI=1S/C22H19N3O2S2/c1-4-25(5-2)15-9-10-16-14(3)20(22(26)27-19(16)11-15)17-7-6-8-18(23-12-28)21(17)24-13-29/h6-11H,4-5H2,1-3H3. The Morgan fingerprint density at radius 3 is 2.45 bits per heavy atom. The molecule has 0 aliphatic carbocycles. The number of hydrogen-bond acceptors (Lipinski definition) is 7. The van der Waals surface area contributed by atoms with Crippen molar-refractivity contribution >= 4 is 62.8 Å². The van der Waals surface area contributed by atoms with Crippen LogP contribution < -0.4 is 10.5 Å². The number of thiocarbonyl (C=S) groups is 2. The Bertz CT molecular complexity index is 1230. The molecule has 0 saturated carbocycles. The fraction of sp³-hybridized carbons (Fsp3) is 0.227. The maximum Gasteiger partial charge on any atom is 0.344 e. The molecule has 3 aromatic rings. The third kappa shape index (κ3) is 3.95. The summed E-state index contributed by atoms with van der Waals surface area (Å²) in [6, 6.07) is 11.2. The normalized spacial score (nSPS) is 10.3. The van der Waals surface area contributed by atoms with Crippen molar-refractivity contribution in [1.29, 1.82) is 0 Å². The van der Waals surface area contributed by atoms with Crippen molar-refractivity contribution in [3.63, 3.8) is 0 Å². The third-order valence-electron chi connectivity index (χ3n) is 4.89. The lowest BCUT2D eigenvalue weighted by atomic mass is 9.97. The van der Waals surface area contributed by atoms with Crippen LogP contribution in [-0.2, 0) is 0 Å². The highest BCUT2D eigenvalue weighted by Crippen LogP contribution is 2.39. The molecule has 146 valence electrons. The van der Waals surface area contributed by atoms with E-state index in [1.807, 2.05) is 25.1 Å². The predicted molar refractivity (Wildman–Crippen MR) is 126 cm³/mol.